The summed E-state index contributed by atoms with van der Waals surface area (Å²) in [6.07, 6.45) is 2.48. The third kappa shape index (κ3) is 4.98. The summed E-state index contributed by atoms with van der Waals surface area (Å²) < 4.78 is 0. The molecule has 0 aliphatic carbocycles. The van der Waals surface area contributed by atoms with E-state index < -0.39 is 0 Å². The molecule has 1 aliphatic rings. The quantitative estimate of drug-likeness (QED) is 0.644. The van der Waals surface area contributed by atoms with E-state index in [0.717, 1.165) is 31.9 Å². The number of aliphatic imine (C=N–C) groups is 1. The molecule has 2 N–H and O–H groups in total. The number of likely N-dealkylation sites (N-methyl/N-ethyl adjacent to an activating group) is 1. The fourth-order valence-electron chi connectivity index (χ4n) is 2.86. The lowest BCUT2D eigenvalue weighted by Gasteiger charge is -2.31. The number of hydrogen-bond acceptors (Lipinski definition) is 2. The van der Waals surface area contributed by atoms with E-state index in [9.17, 15) is 4.79 Å². The predicted octanol–water partition coefficient (Wildman–Crippen LogP) is 1.92. The number of carbonyl (C=O) groups excluding carboxylic acids is 1. The number of nitrogens with one attached hydrogen (secondary N) is 2. The Labute approximate surface area is 139 Å². The van der Waals surface area contributed by atoms with Gasteiger partial charge in [-0.2, -0.15) is 0 Å². The maximum atomic E-state index is 11.6. The topological polar surface area (TPSA) is 56.7 Å². The van der Waals surface area contributed by atoms with Gasteiger partial charge in [0.1, 0.15) is 0 Å². The van der Waals surface area contributed by atoms with Crippen molar-refractivity contribution in [2.45, 2.75) is 45.7 Å². The zero-order valence-electron chi connectivity index (χ0n) is 14.4. The Kier molecular flexibility index (Phi) is 6.44. The Morgan fingerprint density at radius 1 is 1.30 bits per heavy atom. The number of carbonyl (C=O) groups is 1. The zero-order valence-corrected chi connectivity index (χ0v) is 14.4. The minimum Gasteiger partial charge on any atom is -0.357 e. The van der Waals surface area contributed by atoms with Gasteiger partial charge in [-0.3, -0.25) is 4.79 Å². The number of hydrogen-bond donors (Lipinski definition) is 2. The minimum atomic E-state index is 0.224. The molecule has 0 aromatic heterocycles. The second-order valence-electron chi connectivity index (χ2n) is 5.97. The van der Waals surface area contributed by atoms with Crippen molar-refractivity contribution in [1.29, 1.82) is 0 Å². The highest BCUT2D eigenvalue weighted by Gasteiger charge is 2.23. The van der Waals surface area contributed by atoms with Gasteiger partial charge in [-0.1, -0.05) is 31.2 Å². The van der Waals surface area contributed by atoms with Gasteiger partial charge in [-0.25, -0.2) is 4.99 Å². The number of guanidine groups is 1. The highest BCUT2D eigenvalue weighted by molar-refractivity contribution is 5.81. The van der Waals surface area contributed by atoms with Gasteiger partial charge in [-0.05, 0) is 30.9 Å². The first-order chi connectivity index (χ1) is 11.1. The number of benzene rings is 1. The van der Waals surface area contributed by atoms with Crippen LogP contribution in [0.3, 0.4) is 0 Å². The fourth-order valence-corrected chi connectivity index (χ4v) is 2.86. The SMILES string of the molecule is CCNC(=NCc1ccccc1CC)NC1CCC(=O)N(C)C1. The number of piperidine rings is 1. The highest BCUT2D eigenvalue weighted by Crippen LogP contribution is 2.12. The summed E-state index contributed by atoms with van der Waals surface area (Å²) in [5.74, 6) is 1.05. The van der Waals surface area contributed by atoms with Crippen molar-refractivity contribution in [2.24, 2.45) is 4.99 Å². The van der Waals surface area contributed by atoms with E-state index in [0.29, 0.717) is 13.0 Å². The van der Waals surface area contributed by atoms with Crippen molar-refractivity contribution in [1.82, 2.24) is 15.5 Å². The van der Waals surface area contributed by atoms with Gasteiger partial charge < -0.3 is 15.5 Å². The van der Waals surface area contributed by atoms with Gasteiger partial charge in [0.25, 0.3) is 0 Å². The third-order valence-corrected chi connectivity index (χ3v) is 4.22. The van der Waals surface area contributed by atoms with E-state index in [-0.39, 0.29) is 11.9 Å². The molecule has 1 heterocycles. The second kappa shape index (κ2) is 8.56. The lowest BCUT2D eigenvalue weighted by atomic mass is 10.1. The Bertz CT molecular complexity index is 556. The normalized spacial score (nSPS) is 18.9. The molecular formula is C18H28N4O. The molecule has 1 aromatic carbocycles. The van der Waals surface area contributed by atoms with Gasteiger partial charge in [0, 0.05) is 32.6 Å². The van der Waals surface area contributed by atoms with E-state index in [1.54, 1.807) is 4.90 Å². The van der Waals surface area contributed by atoms with Crippen LogP contribution in [0.1, 0.15) is 37.8 Å². The number of aryl methyl sites for hydroxylation is 1. The van der Waals surface area contributed by atoms with Crippen molar-refractivity contribution < 1.29 is 4.79 Å². The molecule has 0 spiro atoms. The number of rotatable bonds is 5. The largest absolute Gasteiger partial charge is 0.357 e. The molecule has 0 saturated carbocycles. The summed E-state index contributed by atoms with van der Waals surface area (Å²) in [5.41, 5.74) is 2.61. The van der Waals surface area contributed by atoms with Gasteiger partial charge >= 0.3 is 0 Å². The average molecular weight is 316 g/mol. The second-order valence-corrected chi connectivity index (χ2v) is 5.97. The lowest BCUT2D eigenvalue weighted by molar-refractivity contribution is -0.132. The van der Waals surface area contributed by atoms with Gasteiger partial charge in [-0.15, -0.1) is 0 Å². The van der Waals surface area contributed by atoms with Crippen molar-refractivity contribution in [2.75, 3.05) is 20.1 Å². The van der Waals surface area contributed by atoms with E-state index >= 15 is 0 Å². The standard InChI is InChI=1S/C18H28N4O/c1-4-14-8-6-7-9-15(14)12-20-18(19-5-2)21-16-10-11-17(23)22(3)13-16/h6-9,16H,4-5,10-13H2,1-3H3,(H2,19,20,21). The molecule has 1 aliphatic heterocycles. The van der Waals surface area contributed by atoms with Crippen molar-refractivity contribution in [3.05, 3.63) is 35.4 Å². The monoisotopic (exact) mass is 316 g/mol. The van der Waals surface area contributed by atoms with Crippen LogP contribution in [0.2, 0.25) is 0 Å². The molecule has 1 aromatic rings. The summed E-state index contributed by atoms with van der Waals surface area (Å²) >= 11 is 0. The maximum Gasteiger partial charge on any atom is 0.222 e. The zero-order chi connectivity index (χ0) is 16.7. The van der Waals surface area contributed by atoms with Crippen LogP contribution >= 0.6 is 0 Å². The summed E-state index contributed by atoms with van der Waals surface area (Å²) in [5, 5.41) is 6.76. The van der Waals surface area contributed by atoms with Crippen molar-refractivity contribution >= 4 is 11.9 Å². The molecule has 5 heteroatoms. The van der Waals surface area contributed by atoms with Crippen molar-refractivity contribution in [3.8, 4) is 0 Å². The van der Waals surface area contributed by atoms with E-state index in [1.165, 1.54) is 11.1 Å². The van der Waals surface area contributed by atoms with Crippen LogP contribution in [0.5, 0.6) is 0 Å². The number of nitrogens with zero attached hydrogens (tertiary/aromatic N) is 2. The summed E-state index contributed by atoms with van der Waals surface area (Å²) in [6, 6.07) is 8.69. The Hall–Kier alpha value is -2.04. The lowest BCUT2D eigenvalue weighted by Crippen LogP contribution is -2.51. The molecule has 5 nitrogen and oxygen atoms in total. The van der Waals surface area contributed by atoms with Crippen LogP contribution in [0.4, 0.5) is 0 Å². The van der Waals surface area contributed by atoms with E-state index in [2.05, 4.69) is 48.7 Å². The summed E-state index contributed by atoms with van der Waals surface area (Å²) in [4.78, 5) is 18.1. The molecule has 1 unspecified atom stereocenters. The first-order valence-corrected chi connectivity index (χ1v) is 8.49. The molecule has 0 radical (unpaired) electrons. The molecular weight excluding hydrogens is 288 g/mol. The fraction of sp³-hybridized carbons (Fsp3) is 0.556. The van der Waals surface area contributed by atoms with Gasteiger partial charge in [0.05, 0.1) is 6.54 Å². The smallest absolute Gasteiger partial charge is 0.222 e. The molecule has 1 saturated heterocycles. The van der Waals surface area contributed by atoms with Crippen LogP contribution in [-0.2, 0) is 17.8 Å². The van der Waals surface area contributed by atoms with Crippen LogP contribution < -0.4 is 10.6 Å². The summed E-state index contributed by atoms with van der Waals surface area (Å²) in [6.45, 7) is 6.45. The molecule has 126 valence electrons. The van der Waals surface area contributed by atoms with E-state index in [4.69, 9.17) is 4.99 Å². The van der Waals surface area contributed by atoms with Crippen molar-refractivity contribution in [3.63, 3.8) is 0 Å². The van der Waals surface area contributed by atoms with Crippen LogP contribution in [0.25, 0.3) is 0 Å². The first-order valence-electron chi connectivity index (χ1n) is 8.49. The third-order valence-electron chi connectivity index (χ3n) is 4.22. The van der Waals surface area contributed by atoms with Crippen LogP contribution in [-0.4, -0.2) is 42.9 Å². The van der Waals surface area contributed by atoms with Crippen LogP contribution in [0.15, 0.2) is 29.3 Å². The summed E-state index contributed by atoms with van der Waals surface area (Å²) in [7, 11) is 1.86. The maximum absolute atomic E-state index is 11.6. The molecule has 0 bridgehead atoms. The highest BCUT2D eigenvalue weighted by atomic mass is 16.2. The molecule has 1 fully saturated rings. The van der Waals surface area contributed by atoms with Gasteiger partial charge in [0.2, 0.25) is 5.91 Å². The van der Waals surface area contributed by atoms with Gasteiger partial charge in [0.15, 0.2) is 5.96 Å². The Balaban J connectivity index is 2.01. The molecule has 2 rings (SSSR count). The average Bonchev–Trinajstić information content (AvgIpc) is 2.56. The molecule has 1 atom stereocenters. The Morgan fingerprint density at radius 2 is 2.04 bits per heavy atom. The number of amides is 1. The number of likely N-dealkylation sites (tertiary alicyclic amines) is 1. The van der Waals surface area contributed by atoms with E-state index in [1.807, 2.05) is 7.05 Å². The van der Waals surface area contributed by atoms with Crippen LogP contribution in [0, 0.1) is 0 Å². The first kappa shape index (κ1) is 17.3. The molecule has 23 heavy (non-hydrogen) atoms. The predicted molar refractivity (Wildman–Crippen MR) is 94.4 cm³/mol. The molecule has 1 amide bonds. The Morgan fingerprint density at radius 3 is 2.70 bits per heavy atom. The minimum absolute atomic E-state index is 0.224.